The Morgan fingerprint density at radius 1 is 1.06 bits per heavy atom. The van der Waals surface area contributed by atoms with Crippen molar-refractivity contribution in [2.45, 2.75) is 49.3 Å². The van der Waals surface area contributed by atoms with Gasteiger partial charge in [0.25, 0.3) is 0 Å². The van der Waals surface area contributed by atoms with Crippen molar-refractivity contribution in [3.05, 3.63) is 70.8 Å². The maximum absolute atomic E-state index is 13.3. The lowest BCUT2D eigenvalue weighted by Gasteiger charge is -2.45. The summed E-state index contributed by atoms with van der Waals surface area (Å²) in [4.78, 5) is 12.2. The summed E-state index contributed by atoms with van der Waals surface area (Å²) in [5.41, 5.74) is 1.99. The maximum atomic E-state index is 13.3. The molecular formula is C24H27F6N3O2. The lowest BCUT2D eigenvalue weighted by Crippen LogP contribution is -2.67. The zero-order chi connectivity index (χ0) is 26.1. The fourth-order valence-electron chi connectivity index (χ4n) is 4.17. The topological polar surface area (TPSA) is 76.4 Å². The Bertz CT molecular complexity index is 1000. The second-order valence-corrected chi connectivity index (χ2v) is 8.83. The molecule has 35 heavy (non-hydrogen) atoms. The molecule has 192 valence electrons. The normalized spacial score (nSPS) is 24.1. The number of ether oxygens (including phenoxy) is 1. The van der Waals surface area contributed by atoms with Crippen LogP contribution in [0.4, 0.5) is 26.3 Å². The van der Waals surface area contributed by atoms with Crippen molar-refractivity contribution in [2.75, 3.05) is 20.2 Å². The molecule has 1 fully saturated rings. The number of piperidine rings is 1. The van der Waals surface area contributed by atoms with Crippen molar-refractivity contribution in [1.82, 2.24) is 10.6 Å². The second-order valence-electron chi connectivity index (χ2n) is 8.83. The third-order valence-electron chi connectivity index (χ3n) is 6.40. The van der Waals surface area contributed by atoms with Gasteiger partial charge >= 0.3 is 12.4 Å². The van der Waals surface area contributed by atoms with Crippen molar-refractivity contribution < 1.29 is 35.9 Å². The maximum Gasteiger partial charge on any atom is 0.416 e. The van der Waals surface area contributed by atoms with Crippen LogP contribution in [0.15, 0.2) is 48.5 Å². The molecule has 3 atom stereocenters. The number of halogens is 6. The largest absolute Gasteiger partial charge is 0.416 e. The molecule has 1 aliphatic heterocycles. The summed E-state index contributed by atoms with van der Waals surface area (Å²) in [6.07, 6.45) is -10.3. The van der Waals surface area contributed by atoms with Gasteiger partial charge in [-0.25, -0.2) is 0 Å². The van der Waals surface area contributed by atoms with E-state index in [2.05, 4.69) is 10.6 Å². The highest BCUT2D eigenvalue weighted by Gasteiger charge is 2.45. The monoisotopic (exact) mass is 503 g/mol. The zero-order valence-electron chi connectivity index (χ0n) is 19.2. The Morgan fingerprint density at radius 3 is 2.09 bits per heavy atom. The van der Waals surface area contributed by atoms with Crippen molar-refractivity contribution in [2.24, 2.45) is 5.73 Å². The molecule has 1 amide bonds. The van der Waals surface area contributed by atoms with E-state index in [0.717, 1.165) is 5.56 Å². The summed E-state index contributed by atoms with van der Waals surface area (Å²) >= 11 is 0. The average Bonchev–Trinajstić information content (AvgIpc) is 2.82. The highest BCUT2D eigenvalue weighted by molar-refractivity contribution is 5.86. The minimum atomic E-state index is -4.95. The number of hydrogen-bond acceptors (Lipinski definition) is 4. The summed E-state index contributed by atoms with van der Waals surface area (Å²) in [5, 5.41) is 5.79. The van der Waals surface area contributed by atoms with Crippen LogP contribution in [0.5, 0.6) is 0 Å². The average molecular weight is 503 g/mol. The number of hydrogen-bond donors (Lipinski definition) is 3. The van der Waals surface area contributed by atoms with Gasteiger partial charge in [-0.05, 0) is 49.1 Å². The van der Waals surface area contributed by atoms with Crippen molar-refractivity contribution in [3.63, 3.8) is 0 Å². The molecule has 11 heteroatoms. The molecule has 0 aliphatic carbocycles. The van der Waals surface area contributed by atoms with Gasteiger partial charge in [-0.1, -0.05) is 30.3 Å². The minimum Gasteiger partial charge on any atom is -0.372 e. The predicted octanol–water partition coefficient (Wildman–Crippen LogP) is 4.52. The first kappa shape index (κ1) is 27.0. The Labute approximate surface area is 199 Å². The lowest BCUT2D eigenvalue weighted by molar-refractivity contribution is -0.143. The third-order valence-corrected chi connectivity index (χ3v) is 6.40. The van der Waals surface area contributed by atoms with Crippen molar-refractivity contribution >= 4 is 5.91 Å². The summed E-state index contributed by atoms with van der Waals surface area (Å²) in [7, 11) is 1.48. The van der Waals surface area contributed by atoms with Gasteiger partial charge in [0.15, 0.2) is 0 Å². The molecule has 0 bridgehead atoms. The standard InChI is InChI=1S/C24H27F6N3O2/c1-15(16-10-18(23(25,26)27)12-19(11-16)24(28,29)30)35-14-22(17-6-4-3-5-7-17)9-8-21(31,13-33-22)20(34)32-2/h3-7,10-12,15,33H,8-9,13-14,31H2,1-2H3,(H,32,34)/t15-,21+,22-/m1/s1. The number of nitrogens with one attached hydrogen (secondary N) is 2. The zero-order valence-corrected chi connectivity index (χ0v) is 19.2. The Hall–Kier alpha value is -2.63. The molecule has 4 N–H and O–H groups in total. The number of carbonyl (C=O) groups excluding carboxylic acids is 1. The predicted molar refractivity (Wildman–Crippen MR) is 117 cm³/mol. The number of benzene rings is 2. The van der Waals surface area contributed by atoms with Crippen LogP contribution in [0.3, 0.4) is 0 Å². The molecule has 1 saturated heterocycles. The van der Waals surface area contributed by atoms with Gasteiger partial charge in [-0.15, -0.1) is 0 Å². The van der Waals surface area contributed by atoms with Crippen LogP contribution in [0.2, 0.25) is 0 Å². The van der Waals surface area contributed by atoms with Crippen LogP contribution in [0.25, 0.3) is 0 Å². The van der Waals surface area contributed by atoms with Crippen LogP contribution < -0.4 is 16.4 Å². The molecule has 0 spiro atoms. The van der Waals surface area contributed by atoms with Gasteiger partial charge in [-0.3, -0.25) is 4.79 Å². The van der Waals surface area contributed by atoms with Gasteiger partial charge in [0, 0.05) is 13.6 Å². The van der Waals surface area contributed by atoms with Gasteiger partial charge in [0.2, 0.25) is 5.91 Å². The van der Waals surface area contributed by atoms with E-state index >= 15 is 0 Å². The Balaban J connectivity index is 1.88. The van der Waals surface area contributed by atoms with Crippen LogP contribution in [0.1, 0.15) is 48.1 Å². The van der Waals surface area contributed by atoms with E-state index in [0.29, 0.717) is 18.6 Å². The summed E-state index contributed by atoms with van der Waals surface area (Å²) < 4.78 is 85.5. The molecule has 0 radical (unpaired) electrons. The van der Waals surface area contributed by atoms with Gasteiger partial charge in [-0.2, -0.15) is 26.3 Å². The molecule has 1 heterocycles. The number of alkyl halides is 6. The van der Waals surface area contributed by atoms with Crippen molar-refractivity contribution in [3.8, 4) is 0 Å². The number of carbonyl (C=O) groups is 1. The summed E-state index contributed by atoms with van der Waals surface area (Å²) in [5.74, 6) is -0.343. The number of rotatable bonds is 6. The fraction of sp³-hybridized carbons (Fsp3) is 0.458. The molecule has 2 aromatic rings. The van der Waals surface area contributed by atoms with E-state index in [4.69, 9.17) is 10.5 Å². The Morgan fingerprint density at radius 2 is 1.63 bits per heavy atom. The SMILES string of the molecule is CNC(=O)[C@]1(N)CC[C@@](CO[C@H](C)c2cc(C(F)(F)F)cc(C(F)(F)F)c2)(c2ccccc2)NC1. The lowest BCUT2D eigenvalue weighted by atomic mass is 9.76. The molecule has 3 rings (SSSR count). The van der Waals surface area contributed by atoms with Gasteiger partial charge in [0.1, 0.15) is 5.54 Å². The highest BCUT2D eigenvalue weighted by Crippen LogP contribution is 2.39. The van der Waals surface area contributed by atoms with Crippen molar-refractivity contribution in [1.29, 1.82) is 0 Å². The van der Waals surface area contributed by atoms with E-state index in [9.17, 15) is 31.1 Å². The fourth-order valence-corrected chi connectivity index (χ4v) is 4.17. The molecule has 1 aliphatic rings. The Kier molecular flexibility index (Phi) is 7.54. The second kappa shape index (κ2) is 9.79. The summed E-state index contributed by atoms with van der Waals surface area (Å²) in [6.45, 7) is 1.43. The van der Waals surface area contributed by atoms with Crippen LogP contribution in [0, 0.1) is 0 Å². The van der Waals surface area contributed by atoms with Gasteiger partial charge in [0.05, 0.1) is 29.4 Å². The molecule has 0 saturated carbocycles. The smallest absolute Gasteiger partial charge is 0.372 e. The number of amides is 1. The molecule has 0 aromatic heterocycles. The number of nitrogens with two attached hydrogens (primary N) is 1. The molecule has 2 aromatic carbocycles. The highest BCUT2D eigenvalue weighted by atomic mass is 19.4. The van der Waals surface area contributed by atoms with E-state index < -0.39 is 40.7 Å². The van der Waals surface area contributed by atoms with Crippen LogP contribution in [-0.2, 0) is 27.4 Å². The van der Waals surface area contributed by atoms with Crippen LogP contribution in [-0.4, -0.2) is 31.6 Å². The van der Waals surface area contributed by atoms with E-state index in [1.807, 2.05) is 18.2 Å². The minimum absolute atomic E-state index is 0.0698. The third kappa shape index (κ3) is 5.96. The molecule has 5 nitrogen and oxygen atoms in total. The first-order valence-electron chi connectivity index (χ1n) is 10.9. The van der Waals surface area contributed by atoms with E-state index in [1.165, 1.54) is 14.0 Å². The first-order valence-corrected chi connectivity index (χ1v) is 10.9. The molecule has 0 unspecified atom stereocenters. The van der Waals surface area contributed by atoms with E-state index in [-0.39, 0.29) is 37.1 Å². The number of likely N-dealkylation sites (N-methyl/N-ethyl adjacent to an activating group) is 1. The molecular weight excluding hydrogens is 476 g/mol. The first-order chi connectivity index (χ1) is 16.2. The van der Waals surface area contributed by atoms with E-state index in [1.54, 1.807) is 12.1 Å². The van der Waals surface area contributed by atoms with Crippen LogP contribution >= 0.6 is 0 Å². The summed E-state index contributed by atoms with van der Waals surface area (Å²) in [6, 6.07) is 10.5. The van der Waals surface area contributed by atoms with Gasteiger partial charge < -0.3 is 21.1 Å². The quantitative estimate of drug-likeness (QED) is 0.507.